The Kier molecular flexibility index (Phi) is 5.17. The number of anilines is 1. The van der Waals surface area contributed by atoms with E-state index in [1.165, 1.54) is 0 Å². The number of carbonyl (C=O) groups is 1. The number of aryl methyl sites for hydroxylation is 1. The van der Waals surface area contributed by atoms with Crippen LogP contribution in [0.4, 0.5) is 5.95 Å². The highest BCUT2D eigenvalue weighted by atomic mass is 16.5. The molecule has 1 heterocycles. The van der Waals surface area contributed by atoms with Crippen LogP contribution in [-0.2, 0) is 4.79 Å². The molecular formula is C19H20N4O3. The molecule has 0 radical (unpaired) electrons. The Balaban J connectivity index is 1.66. The van der Waals surface area contributed by atoms with Crippen molar-refractivity contribution in [2.75, 3.05) is 12.4 Å². The third-order valence-electron chi connectivity index (χ3n) is 3.79. The molecule has 1 atom stereocenters. The third-order valence-corrected chi connectivity index (χ3v) is 3.79. The van der Waals surface area contributed by atoms with E-state index in [1.54, 1.807) is 14.0 Å². The molecule has 7 nitrogen and oxygen atoms in total. The fourth-order valence-electron chi connectivity index (χ4n) is 2.36. The smallest absolute Gasteiger partial charge is 0.267 e. The fraction of sp³-hybridized carbons (Fsp3) is 0.211. The van der Waals surface area contributed by atoms with E-state index in [4.69, 9.17) is 9.47 Å². The minimum atomic E-state index is -0.689. The number of benzene rings is 2. The van der Waals surface area contributed by atoms with Crippen molar-refractivity contribution < 1.29 is 14.3 Å². The predicted molar refractivity (Wildman–Crippen MR) is 98.3 cm³/mol. The number of rotatable bonds is 6. The Labute approximate surface area is 151 Å². The number of nitrogens with zero attached hydrogens (tertiary/aromatic N) is 2. The van der Waals surface area contributed by atoms with Crippen LogP contribution in [0, 0.1) is 6.92 Å². The summed E-state index contributed by atoms with van der Waals surface area (Å²) >= 11 is 0. The molecule has 2 aromatic carbocycles. The van der Waals surface area contributed by atoms with E-state index in [1.807, 2.05) is 55.5 Å². The van der Waals surface area contributed by atoms with Gasteiger partial charge in [-0.25, -0.2) is 0 Å². The summed E-state index contributed by atoms with van der Waals surface area (Å²) in [6.45, 7) is 3.66. The van der Waals surface area contributed by atoms with Crippen molar-refractivity contribution in [2.24, 2.45) is 0 Å². The number of nitrogens with one attached hydrogen (secondary N) is 2. The fourth-order valence-corrected chi connectivity index (χ4v) is 2.36. The zero-order chi connectivity index (χ0) is 18.5. The lowest BCUT2D eigenvalue weighted by Crippen LogP contribution is -2.30. The van der Waals surface area contributed by atoms with Crippen LogP contribution in [0.1, 0.15) is 12.5 Å². The molecule has 0 spiro atoms. The predicted octanol–water partition coefficient (Wildman–Crippen LogP) is 3.19. The maximum Gasteiger partial charge on any atom is 0.267 e. The quantitative estimate of drug-likeness (QED) is 0.711. The van der Waals surface area contributed by atoms with Crippen LogP contribution in [0.2, 0.25) is 0 Å². The van der Waals surface area contributed by atoms with Gasteiger partial charge in [0, 0.05) is 0 Å². The maximum absolute atomic E-state index is 12.3. The second-order valence-electron chi connectivity index (χ2n) is 5.77. The average molecular weight is 352 g/mol. The third kappa shape index (κ3) is 4.00. The Bertz CT molecular complexity index is 890. The molecule has 3 rings (SSSR count). The summed E-state index contributed by atoms with van der Waals surface area (Å²) in [7, 11) is 1.59. The lowest BCUT2D eigenvalue weighted by molar-refractivity contribution is -0.122. The lowest BCUT2D eigenvalue weighted by atomic mass is 10.2. The number of para-hydroxylation sites is 1. The molecule has 0 bridgehead atoms. The maximum atomic E-state index is 12.3. The van der Waals surface area contributed by atoms with Crippen LogP contribution in [0.15, 0.2) is 48.5 Å². The summed E-state index contributed by atoms with van der Waals surface area (Å²) in [5.74, 6) is 1.64. The minimum absolute atomic E-state index is 0.176. The first-order valence-electron chi connectivity index (χ1n) is 8.17. The van der Waals surface area contributed by atoms with Crippen molar-refractivity contribution in [3.05, 3.63) is 54.1 Å². The van der Waals surface area contributed by atoms with Gasteiger partial charge in [0.05, 0.1) is 12.7 Å². The number of H-pyrrole nitrogens is 1. The average Bonchev–Trinajstić information content (AvgIpc) is 3.11. The van der Waals surface area contributed by atoms with E-state index in [2.05, 4.69) is 20.5 Å². The molecule has 0 fully saturated rings. The molecule has 1 aromatic heterocycles. The highest BCUT2D eigenvalue weighted by molar-refractivity contribution is 5.92. The standard InChI is InChI=1S/C19H20N4O3/c1-12-8-10-14(11-9-12)26-13(2)18(24)21-19-20-17(22-23-19)15-6-4-5-7-16(15)25-3/h4-11,13H,1-3H3,(H2,20,21,22,23,24). The SMILES string of the molecule is COc1ccccc1-c1nc(NC(=O)C(C)Oc2ccc(C)cc2)n[nH]1. The molecule has 134 valence electrons. The molecule has 0 saturated carbocycles. The van der Waals surface area contributed by atoms with Gasteiger partial charge in [0.25, 0.3) is 5.91 Å². The van der Waals surface area contributed by atoms with E-state index >= 15 is 0 Å². The van der Waals surface area contributed by atoms with Crippen LogP contribution in [0.5, 0.6) is 11.5 Å². The van der Waals surface area contributed by atoms with E-state index < -0.39 is 6.10 Å². The van der Waals surface area contributed by atoms with E-state index in [9.17, 15) is 4.79 Å². The monoisotopic (exact) mass is 352 g/mol. The van der Waals surface area contributed by atoms with Crippen LogP contribution in [-0.4, -0.2) is 34.3 Å². The highest BCUT2D eigenvalue weighted by Gasteiger charge is 2.18. The number of methoxy groups -OCH3 is 1. The summed E-state index contributed by atoms with van der Waals surface area (Å²) in [5.41, 5.74) is 1.88. The van der Waals surface area contributed by atoms with Crippen LogP contribution in [0.3, 0.4) is 0 Å². The molecule has 26 heavy (non-hydrogen) atoms. The van der Waals surface area contributed by atoms with Crippen LogP contribution in [0.25, 0.3) is 11.4 Å². The molecule has 1 unspecified atom stereocenters. The normalized spacial score (nSPS) is 11.7. The number of aromatic amines is 1. The zero-order valence-corrected chi connectivity index (χ0v) is 14.8. The van der Waals surface area contributed by atoms with E-state index in [0.29, 0.717) is 17.3 Å². The second kappa shape index (κ2) is 7.69. The molecule has 0 aliphatic heterocycles. The Hall–Kier alpha value is -3.35. The molecular weight excluding hydrogens is 332 g/mol. The number of amides is 1. The number of hydrogen-bond acceptors (Lipinski definition) is 5. The van der Waals surface area contributed by atoms with Gasteiger partial charge in [-0.1, -0.05) is 29.8 Å². The topological polar surface area (TPSA) is 89.1 Å². The second-order valence-corrected chi connectivity index (χ2v) is 5.77. The molecule has 3 aromatic rings. The van der Waals surface area contributed by atoms with Crippen molar-refractivity contribution in [1.29, 1.82) is 0 Å². The summed E-state index contributed by atoms with van der Waals surface area (Å²) in [6.07, 6.45) is -0.689. The van der Waals surface area contributed by atoms with Crippen LogP contribution >= 0.6 is 0 Å². The molecule has 0 saturated heterocycles. The number of aromatic nitrogens is 3. The molecule has 7 heteroatoms. The van der Waals surface area contributed by atoms with E-state index in [-0.39, 0.29) is 11.9 Å². The van der Waals surface area contributed by atoms with Crippen molar-refractivity contribution >= 4 is 11.9 Å². The summed E-state index contributed by atoms with van der Waals surface area (Å²) < 4.78 is 10.9. The lowest BCUT2D eigenvalue weighted by Gasteiger charge is -2.13. The number of hydrogen-bond donors (Lipinski definition) is 2. The highest BCUT2D eigenvalue weighted by Crippen LogP contribution is 2.27. The Morgan fingerprint density at radius 1 is 1.15 bits per heavy atom. The van der Waals surface area contributed by atoms with Gasteiger partial charge in [-0.15, -0.1) is 5.10 Å². The zero-order valence-electron chi connectivity index (χ0n) is 14.8. The van der Waals surface area contributed by atoms with Crippen LogP contribution < -0.4 is 14.8 Å². The van der Waals surface area contributed by atoms with Gasteiger partial charge >= 0.3 is 0 Å². The first-order valence-corrected chi connectivity index (χ1v) is 8.17. The first kappa shape index (κ1) is 17.5. The van der Waals surface area contributed by atoms with Gasteiger partial charge in [0.15, 0.2) is 11.9 Å². The molecule has 1 amide bonds. The molecule has 0 aliphatic carbocycles. The summed E-state index contributed by atoms with van der Waals surface area (Å²) in [4.78, 5) is 16.6. The van der Waals surface area contributed by atoms with Gasteiger partial charge < -0.3 is 9.47 Å². The van der Waals surface area contributed by atoms with Crippen molar-refractivity contribution in [3.8, 4) is 22.9 Å². The number of ether oxygens (including phenoxy) is 2. The van der Waals surface area contributed by atoms with Crippen molar-refractivity contribution in [1.82, 2.24) is 15.2 Å². The van der Waals surface area contributed by atoms with Gasteiger partial charge in [-0.05, 0) is 38.1 Å². The minimum Gasteiger partial charge on any atom is -0.496 e. The number of carbonyl (C=O) groups excluding carboxylic acids is 1. The summed E-state index contributed by atoms with van der Waals surface area (Å²) in [5, 5.41) is 9.47. The Morgan fingerprint density at radius 3 is 2.62 bits per heavy atom. The molecule has 0 aliphatic rings. The first-order chi connectivity index (χ1) is 12.6. The van der Waals surface area contributed by atoms with Gasteiger partial charge in [0.1, 0.15) is 11.5 Å². The van der Waals surface area contributed by atoms with Gasteiger partial charge in [-0.3, -0.25) is 15.2 Å². The Morgan fingerprint density at radius 2 is 1.88 bits per heavy atom. The van der Waals surface area contributed by atoms with Gasteiger partial charge in [0.2, 0.25) is 5.95 Å². The van der Waals surface area contributed by atoms with Crippen molar-refractivity contribution in [3.63, 3.8) is 0 Å². The van der Waals surface area contributed by atoms with E-state index in [0.717, 1.165) is 11.1 Å². The molecule has 2 N–H and O–H groups in total. The van der Waals surface area contributed by atoms with Crippen molar-refractivity contribution in [2.45, 2.75) is 20.0 Å². The summed E-state index contributed by atoms with van der Waals surface area (Å²) in [6, 6.07) is 14.9. The largest absolute Gasteiger partial charge is 0.496 e. The van der Waals surface area contributed by atoms with Gasteiger partial charge in [-0.2, -0.15) is 4.98 Å².